The van der Waals surface area contributed by atoms with Crippen molar-refractivity contribution in [1.29, 1.82) is 0 Å². The van der Waals surface area contributed by atoms with E-state index in [-0.39, 0.29) is 5.78 Å². The van der Waals surface area contributed by atoms with Gasteiger partial charge in [-0.15, -0.1) is 0 Å². The normalized spacial score (nSPS) is 24.7. The van der Waals surface area contributed by atoms with Crippen LogP contribution in [0.3, 0.4) is 0 Å². The van der Waals surface area contributed by atoms with Gasteiger partial charge in [-0.25, -0.2) is 0 Å². The molecule has 5 N–H and O–H groups in total. The molecule has 0 spiro atoms. The number of hydrogen-bond acceptors (Lipinski definition) is 10. The third-order valence-corrected chi connectivity index (χ3v) is 8.50. The molecule has 2 heterocycles. The second-order valence-corrected chi connectivity index (χ2v) is 11.9. The van der Waals surface area contributed by atoms with Crippen molar-refractivity contribution in [1.82, 2.24) is 20.9 Å². The highest BCUT2D eigenvalue weighted by Crippen LogP contribution is 2.33. The molecule has 1 unspecified atom stereocenters. The maximum atomic E-state index is 13.8. The number of ketones is 1. The van der Waals surface area contributed by atoms with E-state index in [1.165, 1.54) is 7.11 Å². The van der Waals surface area contributed by atoms with Gasteiger partial charge in [0.05, 0.1) is 39.0 Å². The number of aliphatic hydroxyl groups excluding tert-OH is 2. The highest BCUT2D eigenvalue weighted by Gasteiger charge is 2.50. The van der Waals surface area contributed by atoms with Crippen LogP contribution in [0.1, 0.15) is 57.6 Å². The van der Waals surface area contributed by atoms with Crippen LogP contribution in [0.15, 0.2) is 24.3 Å². The van der Waals surface area contributed by atoms with Crippen molar-refractivity contribution >= 4 is 17.6 Å². The molecule has 42 heavy (non-hydrogen) atoms. The number of epoxide rings is 1. The van der Waals surface area contributed by atoms with Gasteiger partial charge in [0.2, 0.25) is 11.8 Å². The van der Waals surface area contributed by atoms with Gasteiger partial charge in [0.15, 0.2) is 5.78 Å². The van der Waals surface area contributed by atoms with E-state index in [0.717, 1.165) is 25.7 Å². The van der Waals surface area contributed by atoms with E-state index in [0.29, 0.717) is 63.1 Å². The second kappa shape index (κ2) is 14.7. The lowest BCUT2D eigenvalue weighted by atomic mass is 9.90. The average molecular weight is 591 g/mol. The minimum absolute atomic E-state index is 0.201. The van der Waals surface area contributed by atoms with Crippen LogP contribution in [0, 0.1) is 5.92 Å². The third kappa shape index (κ3) is 8.71. The van der Waals surface area contributed by atoms with Crippen molar-refractivity contribution in [2.75, 3.05) is 46.6 Å². The Bertz CT molecular complexity index is 1050. The zero-order chi connectivity index (χ0) is 30.3. The van der Waals surface area contributed by atoms with E-state index in [9.17, 15) is 24.6 Å². The Labute approximate surface area is 247 Å². The fraction of sp³-hybridized carbons (Fsp3) is 0.700. The summed E-state index contributed by atoms with van der Waals surface area (Å²) in [5.41, 5.74) is -0.542. The van der Waals surface area contributed by atoms with E-state index in [2.05, 4.69) is 16.0 Å². The van der Waals surface area contributed by atoms with Crippen LogP contribution in [0.2, 0.25) is 0 Å². The Balaban J connectivity index is 1.47. The Hall–Kier alpha value is -2.61. The first-order chi connectivity index (χ1) is 20.1. The first-order valence-electron chi connectivity index (χ1n) is 14.9. The van der Waals surface area contributed by atoms with Gasteiger partial charge in [-0.2, -0.15) is 0 Å². The number of morpholine rings is 1. The number of aliphatic hydroxyl groups is 2. The molecule has 6 atom stereocenters. The van der Waals surface area contributed by atoms with Crippen molar-refractivity contribution in [2.45, 2.75) is 82.0 Å². The largest absolute Gasteiger partial charge is 0.497 e. The van der Waals surface area contributed by atoms with Crippen LogP contribution in [0.5, 0.6) is 5.75 Å². The molecular formula is C30H46N4O8. The zero-order valence-electron chi connectivity index (χ0n) is 24.8. The van der Waals surface area contributed by atoms with E-state index in [1.807, 2.05) is 4.90 Å². The number of methoxy groups -OCH3 is 1. The molecular weight excluding hydrogens is 544 g/mol. The number of hydrogen-bond donors (Lipinski definition) is 5. The molecule has 0 aromatic heterocycles. The standard InChI is InChI=1S/C30H46N4O8/c1-19(31-24(35)17-34-12-14-41-15-13-34)28(38)33-25(26(36)21-8-10-22(40-3)11-9-21)29(39)32-23(16-20-6-4-5-7-20)27(37)30(2)18-42-30/h8-11,19-20,23-26,31,35-36H,4-7,12-18H2,1-3H3,(H,32,39)(H,33,38)/t19-,23-,24?,25-,26+,30+/m0/s1. The summed E-state index contributed by atoms with van der Waals surface area (Å²) in [6.45, 7) is 6.42. The van der Waals surface area contributed by atoms with Crippen molar-refractivity contribution in [3.63, 3.8) is 0 Å². The molecule has 12 nitrogen and oxygen atoms in total. The van der Waals surface area contributed by atoms with E-state index >= 15 is 0 Å². The number of benzene rings is 1. The van der Waals surface area contributed by atoms with Crippen LogP contribution < -0.4 is 20.7 Å². The molecule has 1 aliphatic carbocycles. The number of ether oxygens (including phenoxy) is 3. The Morgan fingerprint density at radius 3 is 2.31 bits per heavy atom. The summed E-state index contributed by atoms with van der Waals surface area (Å²) in [5, 5.41) is 30.2. The zero-order valence-corrected chi connectivity index (χ0v) is 24.8. The second-order valence-electron chi connectivity index (χ2n) is 11.9. The summed E-state index contributed by atoms with van der Waals surface area (Å²) in [5.74, 6) is -0.581. The number of carbonyl (C=O) groups is 3. The number of nitrogens with one attached hydrogen (secondary N) is 3. The van der Waals surface area contributed by atoms with E-state index in [4.69, 9.17) is 14.2 Å². The topological polar surface area (TPSA) is 162 Å². The summed E-state index contributed by atoms with van der Waals surface area (Å²) in [4.78, 5) is 42.4. The highest BCUT2D eigenvalue weighted by molar-refractivity contribution is 5.98. The van der Waals surface area contributed by atoms with Crippen molar-refractivity contribution in [3.8, 4) is 5.75 Å². The lowest BCUT2D eigenvalue weighted by molar-refractivity contribution is -0.136. The van der Waals surface area contributed by atoms with Gasteiger partial charge in [-0.05, 0) is 43.9 Å². The SMILES string of the molecule is COc1ccc([C@@H](O)[C@H](NC(=O)[C@H](C)NC(O)CN2CCOCC2)C(=O)N[C@@H](CC2CCCC2)C(=O)[C@@]2(C)CO2)cc1. The van der Waals surface area contributed by atoms with Gasteiger partial charge in [-0.1, -0.05) is 37.8 Å². The van der Waals surface area contributed by atoms with Crippen molar-refractivity contribution in [3.05, 3.63) is 29.8 Å². The smallest absolute Gasteiger partial charge is 0.246 e. The van der Waals surface area contributed by atoms with Gasteiger partial charge in [0, 0.05) is 19.6 Å². The monoisotopic (exact) mass is 590 g/mol. The lowest BCUT2D eigenvalue weighted by Gasteiger charge is -2.31. The van der Waals surface area contributed by atoms with Gasteiger partial charge >= 0.3 is 0 Å². The lowest BCUT2D eigenvalue weighted by Crippen LogP contribution is -2.59. The van der Waals surface area contributed by atoms with Crippen LogP contribution in [-0.4, -0.2) is 109 Å². The summed E-state index contributed by atoms with van der Waals surface area (Å²) >= 11 is 0. The molecule has 1 saturated carbocycles. The molecule has 2 amide bonds. The maximum absolute atomic E-state index is 13.8. The van der Waals surface area contributed by atoms with Gasteiger partial charge < -0.3 is 35.1 Å². The molecule has 2 saturated heterocycles. The quantitative estimate of drug-likeness (QED) is 0.142. The van der Waals surface area contributed by atoms with E-state index in [1.54, 1.807) is 38.1 Å². The van der Waals surface area contributed by atoms with Gasteiger partial charge in [0.1, 0.15) is 29.7 Å². The van der Waals surface area contributed by atoms with Gasteiger partial charge in [0.25, 0.3) is 0 Å². The molecule has 0 radical (unpaired) electrons. The van der Waals surface area contributed by atoms with Crippen LogP contribution in [0.25, 0.3) is 0 Å². The minimum atomic E-state index is -1.42. The predicted octanol–water partition coefficient (Wildman–Crippen LogP) is 0.265. The number of Topliss-reactive ketones (excluding diaryl/α,β-unsaturated/α-hetero) is 1. The van der Waals surface area contributed by atoms with Crippen LogP contribution >= 0.6 is 0 Å². The van der Waals surface area contributed by atoms with Crippen LogP contribution in [0.4, 0.5) is 0 Å². The molecule has 2 aliphatic heterocycles. The number of rotatable bonds is 15. The molecule has 1 aromatic carbocycles. The van der Waals surface area contributed by atoms with Gasteiger partial charge in [-0.3, -0.25) is 24.6 Å². The maximum Gasteiger partial charge on any atom is 0.246 e. The molecule has 3 fully saturated rings. The summed E-state index contributed by atoms with van der Waals surface area (Å²) < 4.78 is 15.9. The predicted molar refractivity (Wildman–Crippen MR) is 154 cm³/mol. The van der Waals surface area contributed by atoms with Crippen molar-refractivity contribution < 1.29 is 38.8 Å². The Morgan fingerprint density at radius 1 is 1.07 bits per heavy atom. The number of β-amino-alcohol motifs (C(OH)–C–C–N with tert-alkyl or cyclic N) is 1. The fourth-order valence-corrected chi connectivity index (χ4v) is 5.70. The van der Waals surface area contributed by atoms with Crippen LogP contribution in [-0.2, 0) is 23.9 Å². The average Bonchev–Trinajstić information content (AvgIpc) is 3.53. The molecule has 234 valence electrons. The number of nitrogens with zero attached hydrogens (tertiary/aromatic N) is 1. The summed E-state index contributed by atoms with van der Waals surface area (Å²) in [6.07, 6.45) is 2.23. The summed E-state index contributed by atoms with van der Waals surface area (Å²) in [7, 11) is 1.52. The molecule has 12 heteroatoms. The highest BCUT2D eigenvalue weighted by atomic mass is 16.6. The molecule has 3 aliphatic rings. The fourth-order valence-electron chi connectivity index (χ4n) is 5.70. The molecule has 4 rings (SSSR count). The Kier molecular flexibility index (Phi) is 11.3. The first-order valence-corrected chi connectivity index (χ1v) is 14.9. The first kappa shape index (κ1) is 32.3. The Morgan fingerprint density at radius 2 is 1.71 bits per heavy atom. The molecule has 0 bridgehead atoms. The number of amides is 2. The minimum Gasteiger partial charge on any atom is -0.497 e. The van der Waals surface area contributed by atoms with E-state index < -0.39 is 47.9 Å². The van der Waals surface area contributed by atoms with Crippen molar-refractivity contribution in [2.24, 2.45) is 5.92 Å². The summed E-state index contributed by atoms with van der Waals surface area (Å²) in [6, 6.07) is 3.45. The third-order valence-electron chi connectivity index (χ3n) is 8.50. The molecule has 1 aromatic rings. The number of carbonyl (C=O) groups excluding carboxylic acids is 3.